The number of anilines is 1. The summed E-state index contributed by atoms with van der Waals surface area (Å²) in [5.41, 5.74) is 11.6. The lowest BCUT2D eigenvalue weighted by Crippen LogP contribution is -2.03. The smallest absolute Gasteiger partial charge is 0.0379 e. The molecule has 1 rings (SSSR count). The normalized spacial score (nSPS) is 10.8. The summed E-state index contributed by atoms with van der Waals surface area (Å²) in [4.78, 5) is 0. The zero-order valence-corrected chi connectivity index (χ0v) is 12.4. The van der Waals surface area contributed by atoms with Gasteiger partial charge in [-0.15, -0.1) is 0 Å². The Morgan fingerprint density at radius 2 is 1.28 bits per heavy atom. The molecular formula is C17H29N. The Morgan fingerprint density at radius 3 is 1.67 bits per heavy atom. The Bertz CT molecular complexity index is 326. The van der Waals surface area contributed by atoms with E-state index in [-0.39, 0.29) is 0 Å². The van der Waals surface area contributed by atoms with Crippen LogP contribution in [-0.4, -0.2) is 0 Å². The molecule has 0 atom stereocenters. The quantitative estimate of drug-likeness (QED) is 0.649. The van der Waals surface area contributed by atoms with Gasteiger partial charge in [0.15, 0.2) is 0 Å². The highest BCUT2D eigenvalue weighted by atomic mass is 14.6. The molecule has 0 aliphatic carbocycles. The number of hydrogen-bond acceptors (Lipinski definition) is 1. The first-order valence-corrected chi connectivity index (χ1v) is 7.63. The predicted octanol–water partition coefficient (Wildman–Crippen LogP) is 4.91. The maximum Gasteiger partial charge on any atom is 0.0379 e. The van der Waals surface area contributed by atoms with E-state index in [1.807, 2.05) is 0 Å². The summed E-state index contributed by atoms with van der Waals surface area (Å²) in [6.07, 6.45) is 9.63. The minimum Gasteiger partial charge on any atom is -0.398 e. The van der Waals surface area contributed by atoms with E-state index in [4.69, 9.17) is 5.73 Å². The van der Waals surface area contributed by atoms with Crippen molar-refractivity contribution in [3.8, 4) is 0 Å². The first kappa shape index (κ1) is 15.1. The van der Waals surface area contributed by atoms with Crippen molar-refractivity contribution in [3.05, 3.63) is 28.8 Å². The molecule has 0 spiro atoms. The molecule has 0 bridgehead atoms. The topological polar surface area (TPSA) is 26.0 Å². The van der Waals surface area contributed by atoms with Crippen LogP contribution in [0.4, 0.5) is 5.69 Å². The summed E-state index contributed by atoms with van der Waals surface area (Å²) >= 11 is 0. The van der Waals surface area contributed by atoms with Crippen molar-refractivity contribution in [1.82, 2.24) is 0 Å². The van der Waals surface area contributed by atoms with Crippen molar-refractivity contribution in [1.29, 1.82) is 0 Å². The highest BCUT2D eigenvalue weighted by Crippen LogP contribution is 2.24. The summed E-state index contributed by atoms with van der Waals surface area (Å²) in [6, 6.07) is 4.67. The largest absolute Gasteiger partial charge is 0.398 e. The lowest BCUT2D eigenvalue weighted by Gasteiger charge is -2.14. The lowest BCUT2D eigenvalue weighted by molar-refractivity contribution is 0.779. The van der Waals surface area contributed by atoms with E-state index >= 15 is 0 Å². The molecule has 0 heterocycles. The zero-order chi connectivity index (χ0) is 13.4. The molecule has 1 heteroatoms. The Hall–Kier alpha value is -0.980. The van der Waals surface area contributed by atoms with Gasteiger partial charge < -0.3 is 5.73 Å². The Labute approximate surface area is 113 Å². The molecule has 2 N–H and O–H groups in total. The highest BCUT2D eigenvalue weighted by molar-refractivity contribution is 5.56. The Kier molecular flexibility index (Phi) is 6.85. The molecule has 0 unspecified atom stereocenters. The van der Waals surface area contributed by atoms with Crippen molar-refractivity contribution < 1.29 is 0 Å². The fourth-order valence-corrected chi connectivity index (χ4v) is 2.43. The number of benzene rings is 1. The van der Waals surface area contributed by atoms with Crippen LogP contribution in [-0.2, 0) is 19.3 Å². The maximum atomic E-state index is 6.33. The summed E-state index contributed by atoms with van der Waals surface area (Å²) < 4.78 is 0. The van der Waals surface area contributed by atoms with Gasteiger partial charge in [0, 0.05) is 5.69 Å². The van der Waals surface area contributed by atoms with E-state index < -0.39 is 0 Å². The minimum atomic E-state index is 1.07. The third-order valence-electron chi connectivity index (χ3n) is 3.55. The number of nitrogen functional groups attached to an aromatic ring is 1. The molecule has 102 valence electrons. The third-order valence-corrected chi connectivity index (χ3v) is 3.55. The van der Waals surface area contributed by atoms with Gasteiger partial charge in [-0.05, 0) is 48.8 Å². The molecule has 1 nitrogen and oxygen atoms in total. The number of aryl methyl sites for hydroxylation is 3. The highest BCUT2D eigenvalue weighted by Gasteiger charge is 2.07. The second kappa shape index (κ2) is 8.18. The molecule has 0 saturated carbocycles. The van der Waals surface area contributed by atoms with Crippen LogP contribution < -0.4 is 5.73 Å². The van der Waals surface area contributed by atoms with Gasteiger partial charge >= 0.3 is 0 Å². The van der Waals surface area contributed by atoms with Gasteiger partial charge in [-0.1, -0.05) is 52.2 Å². The van der Waals surface area contributed by atoms with Gasteiger partial charge in [0.2, 0.25) is 0 Å². The average molecular weight is 247 g/mol. The number of hydrogen-bond donors (Lipinski definition) is 1. The van der Waals surface area contributed by atoms with Gasteiger partial charge in [-0.25, -0.2) is 0 Å². The average Bonchev–Trinajstić information content (AvgIpc) is 2.37. The second-order valence-electron chi connectivity index (χ2n) is 5.28. The van der Waals surface area contributed by atoms with Crippen molar-refractivity contribution in [2.75, 3.05) is 5.73 Å². The lowest BCUT2D eigenvalue weighted by atomic mass is 9.94. The van der Waals surface area contributed by atoms with Gasteiger partial charge in [0.25, 0.3) is 0 Å². The van der Waals surface area contributed by atoms with Crippen LogP contribution in [0.3, 0.4) is 0 Å². The van der Waals surface area contributed by atoms with Crippen molar-refractivity contribution in [2.45, 2.75) is 72.1 Å². The van der Waals surface area contributed by atoms with E-state index in [0.717, 1.165) is 18.5 Å². The molecule has 1 aromatic rings. The third kappa shape index (κ3) is 4.36. The van der Waals surface area contributed by atoms with Gasteiger partial charge in [0.05, 0.1) is 0 Å². The van der Waals surface area contributed by atoms with Crippen LogP contribution in [0.5, 0.6) is 0 Å². The number of rotatable bonds is 8. The molecule has 0 saturated heterocycles. The summed E-state index contributed by atoms with van der Waals surface area (Å²) in [6.45, 7) is 6.72. The zero-order valence-electron chi connectivity index (χ0n) is 12.4. The van der Waals surface area contributed by atoms with Crippen molar-refractivity contribution in [2.24, 2.45) is 0 Å². The van der Waals surface area contributed by atoms with Crippen LogP contribution in [0.25, 0.3) is 0 Å². The monoisotopic (exact) mass is 247 g/mol. The summed E-state index contributed by atoms with van der Waals surface area (Å²) in [5, 5.41) is 0. The molecular weight excluding hydrogens is 218 g/mol. The summed E-state index contributed by atoms with van der Waals surface area (Å²) in [5.74, 6) is 0. The van der Waals surface area contributed by atoms with Crippen molar-refractivity contribution in [3.63, 3.8) is 0 Å². The van der Waals surface area contributed by atoms with E-state index in [2.05, 4.69) is 32.9 Å². The number of nitrogens with two attached hydrogens (primary N) is 1. The minimum absolute atomic E-state index is 1.07. The van der Waals surface area contributed by atoms with Crippen molar-refractivity contribution >= 4 is 5.69 Å². The maximum absolute atomic E-state index is 6.33. The van der Waals surface area contributed by atoms with E-state index in [1.165, 1.54) is 55.2 Å². The fraction of sp³-hybridized carbons (Fsp3) is 0.647. The molecule has 0 aromatic heterocycles. The predicted molar refractivity (Wildman–Crippen MR) is 82.1 cm³/mol. The van der Waals surface area contributed by atoms with E-state index in [9.17, 15) is 0 Å². The second-order valence-corrected chi connectivity index (χ2v) is 5.28. The molecule has 18 heavy (non-hydrogen) atoms. The van der Waals surface area contributed by atoms with Gasteiger partial charge in [0.1, 0.15) is 0 Å². The Morgan fingerprint density at radius 1 is 0.778 bits per heavy atom. The molecule has 1 aromatic carbocycles. The van der Waals surface area contributed by atoms with Gasteiger partial charge in [-0.2, -0.15) is 0 Å². The standard InChI is InChI=1S/C17H29N/c1-4-7-10-15-12-14(9-6-3)13-16(17(15)18)11-8-5-2/h12-13H,4-11,18H2,1-3H3. The van der Waals surface area contributed by atoms with E-state index in [0.29, 0.717) is 0 Å². The van der Waals surface area contributed by atoms with Crippen LogP contribution in [0.15, 0.2) is 12.1 Å². The number of unbranched alkanes of at least 4 members (excludes halogenated alkanes) is 2. The molecule has 0 fully saturated rings. The molecule has 0 radical (unpaired) electrons. The van der Waals surface area contributed by atoms with Gasteiger partial charge in [-0.3, -0.25) is 0 Å². The molecule has 0 aliphatic heterocycles. The fourth-order valence-electron chi connectivity index (χ4n) is 2.43. The first-order chi connectivity index (χ1) is 8.72. The van der Waals surface area contributed by atoms with Crippen LogP contribution in [0.2, 0.25) is 0 Å². The van der Waals surface area contributed by atoms with E-state index in [1.54, 1.807) is 0 Å². The van der Waals surface area contributed by atoms with Crippen LogP contribution in [0.1, 0.15) is 69.6 Å². The SMILES string of the molecule is CCCCc1cc(CCC)cc(CCCC)c1N. The Balaban J connectivity index is 2.95. The molecule has 0 aliphatic rings. The molecule has 0 amide bonds. The summed E-state index contributed by atoms with van der Waals surface area (Å²) in [7, 11) is 0. The van der Waals surface area contributed by atoms with Crippen LogP contribution >= 0.6 is 0 Å². The van der Waals surface area contributed by atoms with Crippen LogP contribution in [0, 0.1) is 0 Å². The first-order valence-electron chi connectivity index (χ1n) is 7.63.